The number of aryl methyl sites for hydroxylation is 1. The summed E-state index contributed by atoms with van der Waals surface area (Å²) in [5.41, 5.74) is 3.00. The maximum Gasteiger partial charge on any atom is 0.251 e. The average molecular weight is 394 g/mol. The summed E-state index contributed by atoms with van der Waals surface area (Å²) in [5.74, 6) is 1.25. The number of methoxy groups -OCH3 is 3. The number of amides is 1. The number of carbonyl (C=O) groups is 1. The van der Waals surface area contributed by atoms with Gasteiger partial charge in [0.05, 0.1) is 21.3 Å². The lowest BCUT2D eigenvalue weighted by molar-refractivity contribution is 0.0949. The minimum Gasteiger partial charge on any atom is -0.493 e. The van der Waals surface area contributed by atoms with Gasteiger partial charge in [-0.05, 0) is 36.6 Å². The van der Waals surface area contributed by atoms with Crippen molar-refractivity contribution >= 4 is 16.8 Å². The first-order valence-electron chi connectivity index (χ1n) is 9.66. The number of fused-ring (bicyclic) bond motifs is 1. The van der Waals surface area contributed by atoms with Crippen molar-refractivity contribution in [1.29, 1.82) is 0 Å². The zero-order chi connectivity index (χ0) is 20.6. The van der Waals surface area contributed by atoms with Crippen LogP contribution in [0.5, 0.6) is 17.2 Å². The van der Waals surface area contributed by atoms with Gasteiger partial charge in [-0.15, -0.1) is 0 Å². The molecule has 3 aromatic rings. The van der Waals surface area contributed by atoms with E-state index in [1.165, 1.54) is 16.5 Å². The summed E-state index contributed by atoms with van der Waals surface area (Å²) < 4.78 is 18.2. The molecule has 6 heteroatoms. The van der Waals surface area contributed by atoms with Crippen LogP contribution in [0.4, 0.5) is 0 Å². The van der Waals surface area contributed by atoms with E-state index in [0.717, 1.165) is 12.8 Å². The van der Waals surface area contributed by atoms with Crippen molar-refractivity contribution in [3.05, 3.63) is 53.7 Å². The Morgan fingerprint density at radius 1 is 1.07 bits per heavy atom. The molecule has 1 saturated carbocycles. The molecule has 0 aliphatic heterocycles. The third-order valence-corrected chi connectivity index (χ3v) is 5.84. The van der Waals surface area contributed by atoms with Crippen LogP contribution in [0.25, 0.3) is 10.9 Å². The van der Waals surface area contributed by atoms with Gasteiger partial charge in [-0.3, -0.25) is 4.79 Å². The van der Waals surface area contributed by atoms with Gasteiger partial charge in [0.1, 0.15) is 0 Å². The van der Waals surface area contributed by atoms with Gasteiger partial charge in [0.2, 0.25) is 5.75 Å². The number of hydrogen-bond acceptors (Lipinski definition) is 4. The van der Waals surface area contributed by atoms with Crippen LogP contribution in [-0.4, -0.2) is 38.3 Å². The Hall–Kier alpha value is -3.15. The lowest BCUT2D eigenvalue weighted by atomic mass is 9.95. The van der Waals surface area contributed by atoms with Crippen LogP contribution < -0.4 is 19.5 Å². The normalized spacial score (nSPS) is 14.5. The monoisotopic (exact) mass is 394 g/mol. The molecule has 0 unspecified atom stereocenters. The fourth-order valence-electron chi connectivity index (χ4n) is 4.02. The zero-order valence-corrected chi connectivity index (χ0v) is 17.2. The van der Waals surface area contributed by atoms with E-state index in [1.807, 2.05) is 0 Å². The van der Waals surface area contributed by atoms with Crippen LogP contribution in [-0.2, 0) is 12.5 Å². The van der Waals surface area contributed by atoms with Crippen LogP contribution >= 0.6 is 0 Å². The van der Waals surface area contributed by atoms with Crippen LogP contribution in [0.3, 0.4) is 0 Å². The van der Waals surface area contributed by atoms with E-state index in [4.69, 9.17) is 14.2 Å². The van der Waals surface area contributed by atoms with E-state index >= 15 is 0 Å². The second-order valence-corrected chi connectivity index (χ2v) is 7.55. The second kappa shape index (κ2) is 7.35. The van der Waals surface area contributed by atoms with Crippen molar-refractivity contribution in [2.75, 3.05) is 27.9 Å². The third kappa shape index (κ3) is 3.28. The topological polar surface area (TPSA) is 61.7 Å². The SMILES string of the molecule is COc1cc(C(=O)NCC2(c3cn(C)c4ccccc34)CC2)cc(OC)c1OC. The van der Waals surface area contributed by atoms with Crippen molar-refractivity contribution in [1.82, 2.24) is 9.88 Å². The van der Waals surface area contributed by atoms with E-state index in [9.17, 15) is 4.79 Å². The lowest BCUT2D eigenvalue weighted by Crippen LogP contribution is -2.32. The van der Waals surface area contributed by atoms with Gasteiger partial charge in [-0.25, -0.2) is 0 Å². The Labute approximate surface area is 170 Å². The minimum absolute atomic E-state index is 0.00281. The summed E-state index contributed by atoms with van der Waals surface area (Å²) in [6.07, 6.45) is 4.33. The van der Waals surface area contributed by atoms with Crippen molar-refractivity contribution in [2.45, 2.75) is 18.3 Å². The average Bonchev–Trinajstić information content (AvgIpc) is 3.47. The van der Waals surface area contributed by atoms with E-state index in [1.54, 1.807) is 33.5 Å². The molecule has 1 aliphatic rings. The van der Waals surface area contributed by atoms with Crippen LogP contribution in [0.1, 0.15) is 28.8 Å². The summed E-state index contributed by atoms with van der Waals surface area (Å²) in [4.78, 5) is 12.9. The number of aromatic nitrogens is 1. The Bertz CT molecular complexity index is 1040. The van der Waals surface area contributed by atoms with Gasteiger partial charge in [0, 0.05) is 41.7 Å². The molecule has 6 nitrogen and oxygen atoms in total. The maximum absolute atomic E-state index is 12.9. The standard InChI is InChI=1S/C23H26N2O4/c1-25-13-17(16-7-5-6-8-18(16)25)23(9-10-23)14-24-22(26)15-11-19(27-2)21(29-4)20(12-15)28-3/h5-8,11-13H,9-10,14H2,1-4H3,(H,24,26). The molecule has 0 spiro atoms. The molecule has 29 heavy (non-hydrogen) atoms. The highest BCUT2D eigenvalue weighted by atomic mass is 16.5. The molecule has 0 radical (unpaired) electrons. The predicted octanol–water partition coefficient (Wildman–Crippen LogP) is 3.67. The van der Waals surface area contributed by atoms with E-state index in [-0.39, 0.29) is 11.3 Å². The number of para-hydroxylation sites is 1. The molecule has 0 atom stereocenters. The second-order valence-electron chi connectivity index (χ2n) is 7.55. The molecule has 1 N–H and O–H groups in total. The highest BCUT2D eigenvalue weighted by Gasteiger charge is 2.46. The van der Waals surface area contributed by atoms with Gasteiger partial charge in [-0.1, -0.05) is 18.2 Å². The fraction of sp³-hybridized carbons (Fsp3) is 0.348. The van der Waals surface area contributed by atoms with Crippen LogP contribution in [0.15, 0.2) is 42.6 Å². The van der Waals surface area contributed by atoms with Crippen LogP contribution in [0.2, 0.25) is 0 Å². The predicted molar refractivity (Wildman–Crippen MR) is 112 cm³/mol. The summed E-state index contributed by atoms with van der Waals surface area (Å²) >= 11 is 0. The first kappa shape index (κ1) is 19.2. The first-order chi connectivity index (χ1) is 14.0. The molecule has 1 aliphatic carbocycles. The molecule has 1 fully saturated rings. The Kier molecular flexibility index (Phi) is 4.86. The molecule has 0 bridgehead atoms. The number of rotatable bonds is 7. The summed E-state index contributed by atoms with van der Waals surface area (Å²) in [5, 5.41) is 4.37. The number of ether oxygens (including phenoxy) is 3. The Balaban J connectivity index is 1.57. The summed E-state index contributed by atoms with van der Waals surface area (Å²) in [6.45, 7) is 0.594. The highest BCUT2D eigenvalue weighted by Crippen LogP contribution is 2.50. The molecule has 2 aromatic carbocycles. The van der Waals surface area contributed by atoms with Crippen molar-refractivity contribution < 1.29 is 19.0 Å². The molecule has 152 valence electrons. The molecule has 1 heterocycles. The Morgan fingerprint density at radius 3 is 2.31 bits per heavy atom. The van der Waals surface area contributed by atoms with Crippen molar-refractivity contribution in [2.24, 2.45) is 7.05 Å². The molecule has 4 rings (SSSR count). The van der Waals surface area contributed by atoms with Crippen LogP contribution in [0, 0.1) is 0 Å². The van der Waals surface area contributed by atoms with E-state index in [0.29, 0.717) is 29.4 Å². The summed E-state index contributed by atoms with van der Waals surface area (Å²) in [6, 6.07) is 11.8. The molecule has 1 amide bonds. The minimum atomic E-state index is -0.157. The number of benzene rings is 2. The maximum atomic E-state index is 12.9. The highest BCUT2D eigenvalue weighted by molar-refractivity contribution is 5.96. The van der Waals surface area contributed by atoms with Gasteiger partial charge >= 0.3 is 0 Å². The number of nitrogens with one attached hydrogen (secondary N) is 1. The van der Waals surface area contributed by atoms with Crippen molar-refractivity contribution in [3.63, 3.8) is 0 Å². The van der Waals surface area contributed by atoms with Gasteiger partial charge < -0.3 is 24.1 Å². The molecule has 0 saturated heterocycles. The molecular weight excluding hydrogens is 368 g/mol. The largest absolute Gasteiger partial charge is 0.493 e. The Morgan fingerprint density at radius 2 is 1.72 bits per heavy atom. The van der Waals surface area contributed by atoms with E-state index < -0.39 is 0 Å². The first-order valence-corrected chi connectivity index (χ1v) is 9.66. The van der Waals surface area contributed by atoms with Gasteiger partial charge in [0.15, 0.2) is 11.5 Å². The summed E-state index contributed by atoms with van der Waals surface area (Å²) in [7, 11) is 6.69. The van der Waals surface area contributed by atoms with E-state index in [2.05, 4.69) is 47.4 Å². The number of carbonyl (C=O) groups excluding carboxylic acids is 1. The lowest BCUT2D eigenvalue weighted by Gasteiger charge is -2.17. The van der Waals surface area contributed by atoms with Crippen molar-refractivity contribution in [3.8, 4) is 17.2 Å². The molecule has 1 aromatic heterocycles. The fourth-order valence-corrected chi connectivity index (χ4v) is 4.02. The smallest absolute Gasteiger partial charge is 0.251 e. The molecular formula is C23H26N2O4. The number of hydrogen-bond donors (Lipinski definition) is 1. The van der Waals surface area contributed by atoms with Gasteiger partial charge in [0.25, 0.3) is 5.91 Å². The quantitative estimate of drug-likeness (QED) is 0.664. The zero-order valence-electron chi connectivity index (χ0n) is 17.2. The third-order valence-electron chi connectivity index (χ3n) is 5.84. The van der Waals surface area contributed by atoms with Gasteiger partial charge in [-0.2, -0.15) is 0 Å². The number of nitrogens with zero attached hydrogens (tertiary/aromatic N) is 1.